The normalized spacial score (nSPS) is 9.69. The molecule has 1 amide bonds. The van der Waals surface area contributed by atoms with E-state index in [1.165, 1.54) is 0 Å². The second-order valence-electron chi connectivity index (χ2n) is 3.43. The molecule has 0 spiro atoms. The number of benzene rings is 1. The van der Waals surface area contributed by atoms with E-state index in [1.54, 1.807) is 6.07 Å². The molecule has 5 heteroatoms. The maximum atomic E-state index is 11.2. The van der Waals surface area contributed by atoms with Crippen molar-refractivity contribution in [2.24, 2.45) is 0 Å². The van der Waals surface area contributed by atoms with Gasteiger partial charge in [0, 0.05) is 25.5 Å². The van der Waals surface area contributed by atoms with Gasteiger partial charge in [0.2, 0.25) is 0 Å². The molecule has 0 aromatic heterocycles. The number of hydrogen-bond donors (Lipinski definition) is 2. The number of nitrogens with zero attached hydrogens (tertiary/aromatic N) is 1. The van der Waals surface area contributed by atoms with Gasteiger partial charge in [-0.05, 0) is 18.2 Å². The zero-order valence-electron chi connectivity index (χ0n) is 9.43. The zero-order valence-corrected chi connectivity index (χ0v) is 9.43. The lowest BCUT2D eigenvalue weighted by Gasteiger charge is -2.13. The van der Waals surface area contributed by atoms with Gasteiger partial charge in [-0.3, -0.25) is 5.32 Å². The van der Waals surface area contributed by atoms with Crippen LogP contribution in [0, 0.1) is 0 Å². The Labute approximate surface area is 94.6 Å². The highest BCUT2D eigenvalue weighted by Gasteiger charge is 2.03. The van der Waals surface area contributed by atoms with E-state index in [2.05, 4.69) is 10.1 Å². The fourth-order valence-electron chi connectivity index (χ4n) is 1.15. The largest absolute Gasteiger partial charge is 0.447 e. The minimum Gasteiger partial charge on any atom is -0.447 e. The number of aliphatic hydroxyl groups is 1. The summed E-state index contributed by atoms with van der Waals surface area (Å²) in [6.07, 6.45) is -0.565. The van der Waals surface area contributed by atoms with Crippen molar-refractivity contribution >= 4 is 17.5 Å². The molecule has 0 aliphatic heterocycles. The molecule has 88 valence electrons. The van der Waals surface area contributed by atoms with Gasteiger partial charge in [-0.15, -0.1) is 0 Å². The van der Waals surface area contributed by atoms with Crippen molar-refractivity contribution in [2.45, 2.75) is 0 Å². The lowest BCUT2D eigenvalue weighted by molar-refractivity contribution is 0.131. The summed E-state index contributed by atoms with van der Waals surface area (Å²) in [6, 6.07) is 7.38. The first-order valence-electron chi connectivity index (χ1n) is 4.95. The maximum Gasteiger partial charge on any atom is 0.411 e. The summed E-state index contributed by atoms with van der Waals surface area (Å²) in [4.78, 5) is 13.1. The Bertz CT molecular complexity index is 353. The van der Waals surface area contributed by atoms with Crippen molar-refractivity contribution in [1.29, 1.82) is 0 Å². The number of carbonyl (C=O) groups is 1. The van der Waals surface area contributed by atoms with Gasteiger partial charge in [0.25, 0.3) is 0 Å². The monoisotopic (exact) mass is 224 g/mol. The predicted molar refractivity (Wildman–Crippen MR) is 62.8 cm³/mol. The molecule has 1 aromatic rings. The van der Waals surface area contributed by atoms with E-state index in [-0.39, 0.29) is 13.2 Å². The van der Waals surface area contributed by atoms with Crippen LogP contribution in [0.25, 0.3) is 0 Å². The third-order valence-electron chi connectivity index (χ3n) is 1.93. The maximum absolute atomic E-state index is 11.2. The van der Waals surface area contributed by atoms with E-state index in [0.29, 0.717) is 5.69 Å². The number of anilines is 2. The standard InChI is InChI=1S/C11H16N2O3/c1-13(2)10-5-3-4-9(8-10)12-11(15)16-7-6-14/h3-5,8,14H,6-7H2,1-2H3,(H,12,15). The minimum absolute atomic E-state index is 0.000789. The Hall–Kier alpha value is -1.75. The first kappa shape index (κ1) is 12.3. The molecule has 5 nitrogen and oxygen atoms in total. The molecule has 0 aliphatic rings. The molecule has 0 atom stereocenters. The molecule has 2 N–H and O–H groups in total. The average molecular weight is 224 g/mol. The predicted octanol–water partition coefficient (Wildman–Crippen LogP) is 1.29. The number of rotatable bonds is 4. The molecule has 0 radical (unpaired) electrons. The Balaban J connectivity index is 2.59. The Morgan fingerprint density at radius 3 is 2.88 bits per heavy atom. The molecule has 0 unspecified atom stereocenters. The molecule has 0 bridgehead atoms. The molecular weight excluding hydrogens is 208 g/mol. The summed E-state index contributed by atoms with van der Waals surface area (Å²) in [6.45, 7) is -0.176. The van der Waals surface area contributed by atoms with Crippen molar-refractivity contribution in [2.75, 3.05) is 37.5 Å². The van der Waals surface area contributed by atoms with Crippen LogP contribution in [-0.4, -0.2) is 38.5 Å². The number of amides is 1. The highest BCUT2D eigenvalue weighted by molar-refractivity contribution is 5.85. The lowest BCUT2D eigenvalue weighted by atomic mass is 10.2. The topological polar surface area (TPSA) is 61.8 Å². The number of hydrogen-bond acceptors (Lipinski definition) is 4. The van der Waals surface area contributed by atoms with Crippen LogP contribution in [0.1, 0.15) is 0 Å². The van der Waals surface area contributed by atoms with Gasteiger partial charge in [-0.25, -0.2) is 4.79 Å². The van der Waals surface area contributed by atoms with Gasteiger partial charge >= 0.3 is 6.09 Å². The summed E-state index contributed by atoms with van der Waals surface area (Å²) in [5.74, 6) is 0. The van der Waals surface area contributed by atoms with Crippen LogP contribution in [0.3, 0.4) is 0 Å². The number of nitrogens with one attached hydrogen (secondary N) is 1. The molecule has 0 aliphatic carbocycles. The van der Waals surface area contributed by atoms with Gasteiger partial charge in [0.05, 0.1) is 6.61 Å². The van der Waals surface area contributed by atoms with E-state index in [1.807, 2.05) is 37.2 Å². The molecule has 0 fully saturated rings. The van der Waals surface area contributed by atoms with E-state index in [9.17, 15) is 4.79 Å². The highest BCUT2D eigenvalue weighted by Crippen LogP contribution is 2.17. The summed E-state index contributed by atoms with van der Waals surface area (Å²) in [7, 11) is 3.84. The average Bonchev–Trinajstić information content (AvgIpc) is 2.26. The van der Waals surface area contributed by atoms with E-state index in [0.717, 1.165) is 5.69 Å². The minimum atomic E-state index is -0.565. The quantitative estimate of drug-likeness (QED) is 0.809. The van der Waals surface area contributed by atoms with Crippen molar-refractivity contribution < 1.29 is 14.6 Å². The van der Waals surface area contributed by atoms with Crippen LogP contribution >= 0.6 is 0 Å². The van der Waals surface area contributed by atoms with Crippen LogP contribution in [0.15, 0.2) is 24.3 Å². The number of ether oxygens (including phenoxy) is 1. The SMILES string of the molecule is CN(C)c1cccc(NC(=O)OCCO)c1. The number of carbonyl (C=O) groups excluding carboxylic acids is 1. The summed E-state index contributed by atoms with van der Waals surface area (Å²) < 4.78 is 4.68. The van der Waals surface area contributed by atoms with Gasteiger partial charge in [0.15, 0.2) is 0 Å². The van der Waals surface area contributed by atoms with Crippen LogP contribution in [0.2, 0.25) is 0 Å². The van der Waals surface area contributed by atoms with Crippen molar-refractivity contribution in [3.8, 4) is 0 Å². The van der Waals surface area contributed by atoms with Gasteiger partial charge in [-0.1, -0.05) is 6.07 Å². The summed E-state index contributed by atoms with van der Waals surface area (Å²) >= 11 is 0. The summed E-state index contributed by atoms with van der Waals surface area (Å²) in [5, 5.41) is 11.1. The lowest BCUT2D eigenvalue weighted by Crippen LogP contribution is -2.16. The second-order valence-corrected chi connectivity index (χ2v) is 3.43. The Morgan fingerprint density at radius 2 is 2.25 bits per heavy atom. The van der Waals surface area contributed by atoms with Crippen molar-refractivity contribution in [3.05, 3.63) is 24.3 Å². The molecule has 1 aromatic carbocycles. The van der Waals surface area contributed by atoms with Crippen molar-refractivity contribution in [3.63, 3.8) is 0 Å². The van der Waals surface area contributed by atoms with E-state index < -0.39 is 6.09 Å². The third kappa shape index (κ3) is 3.78. The van der Waals surface area contributed by atoms with Crippen LogP contribution in [0.5, 0.6) is 0 Å². The Kier molecular flexibility index (Phi) is 4.60. The zero-order chi connectivity index (χ0) is 12.0. The molecule has 0 heterocycles. The van der Waals surface area contributed by atoms with E-state index in [4.69, 9.17) is 5.11 Å². The van der Waals surface area contributed by atoms with Gasteiger partial charge in [0.1, 0.15) is 6.61 Å². The molecule has 16 heavy (non-hydrogen) atoms. The van der Waals surface area contributed by atoms with Gasteiger partial charge < -0.3 is 14.7 Å². The third-order valence-corrected chi connectivity index (χ3v) is 1.93. The van der Waals surface area contributed by atoms with Crippen LogP contribution in [-0.2, 0) is 4.74 Å². The molecular formula is C11H16N2O3. The molecule has 0 saturated carbocycles. The first-order chi connectivity index (χ1) is 7.63. The van der Waals surface area contributed by atoms with Crippen LogP contribution in [0.4, 0.5) is 16.2 Å². The molecule has 1 rings (SSSR count). The van der Waals surface area contributed by atoms with Crippen molar-refractivity contribution in [1.82, 2.24) is 0 Å². The smallest absolute Gasteiger partial charge is 0.411 e. The molecule has 0 saturated heterocycles. The first-order valence-corrected chi connectivity index (χ1v) is 4.95. The Morgan fingerprint density at radius 1 is 1.50 bits per heavy atom. The number of aliphatic hydroxyl groups excluding tert-OH is 1. The fraction of sp³-hybridized carbons (Fsp3) is 0.364. The fourth-order valence-corrected chi connectivity index (χ4v) is 1.15. The second kappa shape index (κ2) is 5.97. The van der Waals surface area contributed by atoms with Gasteiger partial charge in [-0.2, -0.15) is 0 Å². The summed E-state index contributed by atoms with van der Waals surface area (Å²) in [5.41, 5.74) is 1.65. The van der Waals surface area contributed by atoms with Crippen LogP contribution < -0.4 is 10.2 Å². The highest BCUT2D eigenvalue weighted by atomic mass is 16.6. The van der Waals surface area contributed by atoms with E-state index >= 15 is 0 Å².